The quantitative estimate of drug-likeness (QED) is 0.553. The van der Waals surface area contributed by atoms with Gasteiger partial charge in [-0.25, -0.2) is 0 Å². The van der Waals surface area contributed by atoms with E-state index in [0.717, 1.165) is 33.3 Å². The Morgan fingerprint density at radius 3 is 2.59 bits per heavy atom. The average molecular weight is 526 g/mol. The van der Waals surface area contributed by atoms with Crippen LogP contribution in [0.5, 0.6) is 11.5 Å². The molecule has 0 radical (unpaired) electrons. The second-order valence-corrected chi connectivity index (χ2v) is 8.09. The van der Waals surface area contributed by atoms with Crippen molar-refractivity contribution < 1.29 is 19.0 Å². The molecule has 1 aliphatic heterocycles. The van der Waals surface area contributed by atoms with E-state index in [4.69, 9.17) is 14.2 Å². The van der Waals surface area contributed by atoms with Crippen molar-refractivity contribution >= 4 is 55.2 Å². The molecule has 1 heterocycles. The molecule has 0 aliphatic carbocycles. The SMILES string of the molecule is COc1ccc(N2CCOCC2)c(NC(=O)/C=C/c2cc(Br)cc(Br)c2OC)c1. The molecule has 1 N–H and O–H groups in total. The van der Waals surface area contributed by atoms with Crippen molar-refractivity contribution in [2.75, 3.05) is 50.7 Å². The van der Waals surface area contributed by atoms with E-state index in [0.29, 0.717) is 30.4 Å². The first-order chi connectivity index (χ1) is 14.0. The fourth-order valence-electron chi connectivity index (χ4n) is 3.08. The minimum atomic E-state index is -0.245. The first-order valence-corrected chi connectivity index (χ1v) is 10.6. The summed E-state index contributed by atoms with van der Waals surface area (Å²) < 4.78 is 17.9. The van der Waals surface area contributed by atoms with Crippen LogP contribution in [0.2, 0.25) is 0 Å². The number of benzene rings is 2. The Morgan fingerprint density at radius 1 is 1.14 bits per heavy atom. The van der Waals surface area contributed by atoms with Crippen molar-refractivity contribution in [1.29, 1.82) is 0 Å². The zero-order valence-electron chi connectivity index (χ0n) is 16.2. The summed E-state index contributed by atoms with van der Waals surface area (Å²) in [6.07, 6.45) is 3.21. The van der Waals surface area contributed by atoms with Crippen LogP contribution in [0.15, 0.2) is 45.4 Å². The van der Waals surface area contributed by atoms with Gasteiger partial charge in [-0.2, -0.15) is 0 Å². The topological polar surface area (TPSA) is 60.0 Å². The lowest BCUT2D eigenvalue weighted by Crippen LogP contribution is -2.36. The summed E-state index contributed by atoms with van der Waals surface area (Å²) in [4.78, 5) is 14.8. The van der Waals surface area contributed by atoms with Crippen molar-refractivity contribution in [2.45, 2.75) is 0 Å². The van der Waals surface area contributed by atoms with Gasteiger partial charge < -0.3 is 24.4 Å². The molecule has 1 fully saturated rings. The summed E-state index contributed by atoms with van der Waals surface area (Å²) in [6.45, 7) is 2.87. The van der Waals surface area contributed by atoms with Crippen LogP contribution >= 0.6 is 31.9 Å². The monoisotopic (exact) mass is 524 g/mol. The number of morpholine rings is 1. The van der Waals surface area contributed by atoms with Gasteiger partial charge >= 0.3 is 0 Å². The highest BCUT2D eigenvalue weighted by Crippen LogP contribution is 2.34. The van der Waals surface area contributed by atoms with Crippen LogP contribution in [0.1, 0.15) is 5.56 Å². The molecule has 2 aromatic carbocycles. The number of rotatable bonds is 6. The van der Waals surface area contributed by atoms with Gasteiger partial charge in [-0.15, -0.1) is 0 Å². The van der Waals surface area contributed by atoms with Crippen LogP contribution in [0.25, 0.3) is 6.08 Å². The number of anilines is 2. The second kappa shape index (κ2) is 10.1. The maximum absolute atomic E-state index is 12.6. The summed E-state index contributed by atoms with van der Waals surface area (Å²) in [7, 11) is 3.20. The molecule has 8 heteroatoms. The van der Waals surface area contributed by atoms with Crippen molar-refractivity contribution in [3.8, 4) is 11.5 Å². The Hall–Kier alpha value is -2.03. The highest BCUT2D eigenvalue weighted by molar-refractivity contribution is 9.11. The van der Waals surface area contributed by atoms with E-state index in [9.17, 15) is 4.79 Å². The molecule has 1 amide bonds. The highest BCUT2D eigenvalue weighted by atomic mass is 79.9. The standard InChI is InChI=1S/C21H22Br2N2O4/c1-27-16-4-5-19(25-7-9-29-10-8-25)18(13-16)24-20(26)6-3-14-11-15(22)12-17(23)21(14)28-2/h3-6,11-13H,7-10H2,1-2H3,(H,24,26)/b6-3+. The number of nitrogens with one attached hydrogen (secondary N) is 1. The van der Waals surface area contributed by atoms with Crippen LogP contribution in [0.4, 0.5) is 11.4 Å². The number of carbonyl (C=O) groups is 1. The van der Waals surface area contributed by atoms with Gasteiger partial charge in [0, 0.05) is 35.3 Å². The lowest BCUT2D eigenvalue weighted by atomic mass is 10.2. The summed E-state index contributed by atoms with van der Waals surface area (Å²) in [5, 5.41) is 2.97. The Labute approximate surface area is 187 Å². The molecule has 0 spiro atoms. The predicted molar refractivity (Wildman–Crippen MR) is 122 cm³/mol. The molecule has 0 aromatic heterocycles. The number of hydrogen-bond acceptors (Lipinski definition) is 5. The van der Waals surface area contributed by atoms with Gasteiger partial charge in [0.2, 0.25) is 5.91 Å². The van der Waals surface area contributed by atoms with E-state index in [1.54, 1.807) is 20.3 Å². The Morgan fingerprint density at radius 2 is 1.90 bits per heavy atom. The molecule has 0 bridgehead atoms. The molecular weight excluding hydrogens is 504 g/mol. The zero-order valence-corrected chi connectivity index (χ0v) is 19.4. The molecule has 1 aliphatic rings. The average Bonchev–Trinajstić information content (AvgIpc) is 2.72. The van der Waals surface area contributed by atoms with Crippen molar-refractivity contribution in [1.82, 2.24) is 0 Å². The van der Waals surface area contributed by atoms with Crippen molar-refractivity contribution in [3.05, 3.63) is 50.9 Å². The number of ether oxygens (including phenoxy) is 3. The molecule has 154 valence electrons. The van der Waals surface area contributed by atoms with Gasteiger partial charge in [0.05, 0.1) is 43.3 Å². The molecule has 2 aromatic rings. The van der Waals surface area contributed by atoms with E-state index in [1.165, 1.54) is 6.08 Å². The fourth-order valence-corrected chi connectivity index (χ4v) is 4.50. The van der Waals surface area contributed by atoms with E-state index in [-0.39, 0.29) is 5.91 Å². The van der Waals surface area contributed by atoms with Crippen LogP contribution in [-0.4, -0.2) is 46.4 Å². The molecule has 29 heavy (non-hydrogen) atoms. The Kier molecular flexibility index (Phi) is 7.57. The molecular formula is C21H22Br2N2O4. The van der Waals surface area contributed by atoms with Gasteiger partial charge in [-0.05, 0) is 46.3 Å². The van der Waals surface area contributed by atoms with Crippen molar-refractivity contribution in [3.63, 3.8) is 0 Å². The smallest absolute Gasteiger partial charge is 0.248 e. The molecule has 0 atom stereocenters. The lowest BCUT2D eigenvalue weighted by molar-refractivity contribution is -0.111. The largest absolute Gasteiger partial charge is 0.497 e. The minimum Gasteiger partial charge on any atom is -0.497 e. The minimum absolute atomic E-state index is 0.245. The maximum atomic E-state index is 12.6. The van der Waals surface area contributed by atoms with Crippen LogP contribution in [0, 0.1) is 0 Å². The van der Waals surface area contributed by atoms with Gasteiger partial charge in [0.25, 0.3) is 0 Å². The van der Waals surface area contributed by atoms with Crippen LogP contribution in [-0.2, 0) is 9.53 Å². The molecule has 6 nitrogen and oxygen atoms in total. The number of nitrogens with zero attached hydrogens (tertiary/aromatic N) is 1. The number of halogens is 2. The fraction of sp³-hybridized carbons (Fsp3) is 0.286. The molecule has 1 saturated heterocycles. The van der Waals surface area contributed by atoms with Gasteiger partial charge in [-0.1, -0.05) is 15.9 Å². The van der Waals surface area contributed by atoms with Crippen LogP contribution in [0.3, 0.4) is 0 Å². The Bertz CT molecular complexity index is 912. The summed E-state index contributed by atoms with van der Waals surface area (Å²) in [5.41, 5.74) is 2.42. The molecule has 3 rings (SSSR count). The third-order valence-electron chi connectivity index (χ3n) is 4.47. The third-order valence-corrected chi connectivity index (χ3v) is 5.52. The number of methoxy groups -OCH3 is 2. The summed E-state index contributed by atoms with van der Waals surface area (Å²) in [6, 6.07) is 9.45. The first-order valence-electron chi connectivity index (χ1n) is 9.04. The summed E-state index contributed by atoms with van der Waals surface area (Å²) in [5.74, 6) is 1.09. The van der Waals surface area contributed by atoms with E-state index >= 15 is 0 Å². The van der Waals surface area contributed by atoms with Gasteiger partial charge in [0.1, 0.15) is 11.5 Å². The van der Waals surface area contributed by atoms with Gasteiger partial charge in [0.15, 0.2) is 0 Å². The molecule has 0 unspecified atom stereocenters. The van der Waals surface area contributed by atoms with Crippen molar-refractivity contribution in [2.24, 2.45) is 0 Å². The molecule has 0 saturated carbocycles. The first kappa shape index (κ1) is 21.7. The van der Waals surface area contributed by atoms with Gasteiger partial charge in [-0.3, -0.25) is 4.79 Å². The number of amides is 1. The van der Waals surface area contributed by atoms with E-state index in [1.807, 2.05) is 30.3 Å². The summed E-state index contributed by atoms with van der Waals surface area (Å²) >= 11 is 6.93. The normalized spacial score (nSPS) is 14.1. The van der Waals surface area contributed by atoms with E-state index in [2.05, 4.69) is 42.1 Å². The predicted octanol–water partition coefficient (Wildman–Crippen LogP) is 4.72. The zero-order chi connectivity index (χ0) is 20.8. The van der Waals surface area contributed by atoms with Crippen LogP contribution < -0.4 is 19.7 Å². The highest BCUT2D eigenvalue weighted by Gasteiger charge is 2.16. The number of carbonyl (C=O) groups excluding carboxylic acids is 1. The second-order valence-electron chi connectivity index (χ2n) is 6.32. The van der Waals surface area contributed by atoms with E-state index < -0.39 is 0 Å². The number of hydrogen-bond donors (Lipinski definition) is 1. The maximum Gasteiger partial charge on any atom is 0.248 e. The third kappa shape index (κ3) is 5.52. The Balaban J connectivity index is 1.82. The lowest BCUT2D eigenvalue weighted by Gasteiger charge is -2.30.